The molecule has 0 saturated carbocycles. The van der Waals surface area contributed by atoms with Gasteiger partial charge in [-0.25, -0.2) is 0 Å². The van der Waals surface area contributed by atoms with Gasteiger partial charge in [-0.2, -0.15) is 0 Å². The molecule has 0 saturated heterocycles. The number of aliphatic hydroxyl groups excluding tert-OH is 3. The van der Waals surface area contributed by atoms with Gasteiger partial charge >= 0.3 is 8.60 Å². The fourth-order valence-corrected chi connectivity index (χ4v) is 3.79. The molecule has 0 bridgehead atoms. The van der Waals surface area contributed by atoms with Crippen molar-refractivity contribution in [3.05, 3.63) is 0 Å². The third-order valence-electron chi connectivity index (χ3n) is 4.87. The van der Waals surface area contributed by atoms with Crippen LogP contribution in [0.5, 0.6) is 0 Å². The second-order valence-electron chi connectivity index (χ2n) is 7.67. The summed E-state index contributed by atoms with van der Waals surface area (Å²) in [7, 11) is -1.53. The average molecular weight is 425 g/mol. The van der Waals surface area contributed by atoms with E-state index < -0.39 is 14.0 Å². The Morgan fingerprint density at radius 3 is 1.36 bits per heavy atom. The summed E-state index contributed by atoms with van der Waals surface area (Å²) in [6, 6.07) is 0. The lowest BCUT2D eigenvalue weighted by molar-refractivity contribution is -0.0313. The quantitative estimate of drug-likeness (QED) is 0.168. The van der Waals surface area contributed by atoms with Crippen LogP contribution in [0.4, 0.5) is 0 Å². The van der Waals surface area contributed by atoms with E-state index in [0.717, 1.165) is 25.7 Å². The fourth-order valence-electron chi connectivity index (χ4n) is 2.63. The molecular formula is C21H45O6P. The molecule has 0 radical (unpaired) electrons. The van der Waals surface area contributed by atoms with E-state index in [9.17, 15) is 15.3 Å². The first kappa shape index (κ1) is 28.2. The highest BCUT2D eigenvalue weighted by Gasteiger charge is 2.30. The average Bonchev–Trinajstić information content (AvgIpc) is 2.73. The van der Waals surface area contributed by atoms with Crippen molar-refractivity contribution < 1.29 is 28.9 Å². The zero-order valence-electron chi connectivity index (χ0n) is 18.2. The van der Waals surface area contributed by atoms with E-state index in [0.29, 0.717) is 13.2 Å². The van der Waals surface area contributed by atoms with Crippen LogP contribution >= 0.6 is 8.60 Å². The molecule has 0 aliphatic heterocycles. The summed E-state index contributed by atoms with van der Waals surface area (Å²) < 4.78 is 17.3. The highest BCUT2D eigenvalue weighted by molar-refractivity contribution is 7.41. The van der Waals surface area contributed by atoms with Crippen molar-refractivity contribution in [1.82, 2.24) is 0 Å². The molecule has 0 aromatic carbocycles. The maximum absolute atomic E-state index is 9.45. The maximum Gasteiger partial charge on any atom is 0.332 e. The van der Waals surface area contributed by atoms with E-state index >= 15 is 0 Å². The van der Waals surface area contributed by atoms with Gasteiger partial charge in [-0.05, 0) is 12.8 Å². The van der Waals surface area contributed by atoms with Crippen molar-refractivity contribution in [2.45, 2.75) is 90.9 Å². The van der Waals surface area contributed by atoms with Gasteiger partial charge in [0.05, 0.1) is 45.1 Å². The second kappa shape index (κ2) is 20.5. The maximum atomic E-state index is 9.45. The summed E-state index contributed by atoms with van der Waals surface area (Å²) in [6.45, 7) is 4.54. The van der Waals surface area contributed by atoms with E-state index in [4.69, 9.17) is 13.6 Å². The predicted octanol–water partition coefficient (Wildman–Crippen LogP) is 4.95. The fraction of sp³-hybridized carbons (Fsp3) is 1.00. The Labute approximate surface area is 174 Å². The first-order chi connectivity index (χ1) is 13.7. The van der Waals surface area contributed by atoms with Crippen LogP contribution in [0.3, 0.4) is 0 Å². The van der Waals surface area contributed by atoms with Crippen molar-refractivity contribution >= 4 is 8.60 Å². The minimum atomic E-state index is -1.53. The van der Waals surface area contributed by atoms with Gasteiger partial charge in [0.2, 0.25) is 0 Å². The third kappa shape index (κ3) is 15.1. The molecule has 0 atom stereocenters. The van der Waals surface area contributed by atoms with E-state index in [1.54, 1.807) is 0 Å². The summed E-state index contributed by atoms with van der Waals surface area (Å²) in [5, 5.41) is 28.3. The molecule has 28 heavy (non-hydrogen) atoms. The molecule has 0 amide bonds. The van der Waals surface area contributed by atoms with Crippen molar-refractivity contribution in [3.63, 3.8) is 0 Å². The highest BCUT2D eigenvalue weighted by atomic mass is 31.2. The van der Waals surface area contributed by atoms with Crippen molar-refractivity contribution in [2.75, 3.05) is 39.6 Å². The zero-order chi connectivity index (χ0) is 20.9. The molecule has 0 unspecified atom stereocenters. The summed E-state index contributed by atoms with van der Waals surface area (Å²) in [5.74, 6) is 0. The van der Waals surface area contributed by atoms with Crippen LogP contribution in [0.15, 0.2) is 0 Å². The van der Waals surface area contributed by atoms with Crippen LogP contribution in [0.25, 0.3) is 0 Å². The second-order valence-corrected chi connectivity index (χ2v) is 8.90. The molecule has 170 valence electrons. The Bertz CT molecular complexity index is 289. The number of rotatable bonds is 22. The Balaban J connectivity index is 4.18. The van der Waals surface area contributed by atoms with Crippen LogP contribution in [0.1, 0.15) is 90.9 Å². The summed E-state index contributed by atoms with van der Waals surface area (Å²) in [4.78, 5) is 0. The molecule has 0 heterocycles. The van der Waals surface area contributed by atoms with E-state index in [1.807, 2.05) is 0 Å². The van der Waals surface area contributed by atoms with Gasteiger partial charge in [-0.3, -0.25) is 0 Å². The Hall–Kier alpha value is 0.190. The smallest absolute Gasteiger partial charge is 0.332 e. The van der Waals surface area contributed by atoms with E-state index in [-0.39, 0.29) is 26.4 Å². The van der Waals surface area contributed by atoms with Crippen LogP contribution in [-0.2, 0) is 13.6 Å². The zero-order valence-corrected chi connectivity index (χ0v) is 19.1. The van der Waals surface area contributed by atoms with Gasteiger partial charge in [0.25, 0.3) is 0 Å². The number of unbranched alkanes of at least 4 members (excludes halogenated alkanes) is 10. The first-order valence-electron chi connectivity index (χ1n) is 11.2. The molecule has 0 aliphatic carbocycles. The summed E-state index contributed by atoms with van der Waals surface area (Å²) in [5.41, 5.74) is -1.06. The predicted molar refractivity (Wildman–Crippen MR) is 115 cm³/mol. The van der Waals surface area contributed by atoms with Gasteiger partial charge in [0.1, 0.15) is 0 Å². The Morgan fingerprint density at radius 2 is 0.964 bits per heavy atom. The molecule has 0 aliphatic rings. The van der Waals surface area contributed by atoms with Gasteiger partial charge in [0, 0.05) is 0 Å². The van der Waals surface area contributed by atoms with Gasteiger partial charge in [0.15, 0.2) is 0 Å². The van der Waals surface area contributed by atoms with Gasteiger partial charge in [-0.15, -0.1) is 0 Å². The van der Waals surface area contributed by atoms with Crippen LogP contribution in [0.2, 0.25) is 0 Å². The molecule has 0 fully saturated rings. The molecule has 3 N–H and O–H groups in total. The molecule has 7 heteroatoms. The van der Waals surface area contributed by atoms with E-state index in [2.05, 4.69) is 13.8 Å². The van der Waals surface area contributed by atoms with Crippen molar-refractivity contribution in [2.24, 2.45) is 5.41 Å². The highest BCUT2D eigenvalue weighted by Crippen LogP contribution is 2.41. The minimum Gasteiger partial charge on any atom is -0.396 e. The Morgan fingerprint density at radius 1 is 0.571 bits per heavy atom. The number of hydrogen-bond donors (Lipinski definition) is 3. The lowest BCUT2D eigenvalue weighted by Gasteiger charge is -2.28. The molecule has 0 rings (SSSR count). The van der Waals surface area contributed by atoms with Crippen LogP contribution in [-0.4, -0.2) is 55.0 Å². The number of hydrogen-bond acceptors (Lipinski definition) is 6. The molecule has 0 aromatic heterocycles. The monoisotopic (exact) mass is 424 g/mol. The third-order valence-corrected chi connectivity index (χ3v) is 6.00. The molecular weight excluding hydrogens is 379 g/mol. The summed E-state index contributed by atoms with van der Waals surface area (Å²) >= 11 is 0. The van der Waals surface area contributed by atoms with Gasteiger partial charge in [-0.1, -0.05) is 78.1 Å². The van der Waals surface area contributed by atoms with Crippen LogP contribution < -0.4 is 0 Å². The van der Waals surface area contributed by atoms with E-state index in [1.165, 1.54) is 51.4 Å². The lowest BCUT2D eigenvalue weighted by Crippen LogP contribution is -2.38. The molecule has 6 nitrogen and oxygen atoms in total. The standard InChI is InChI=1S/C21H45O6P/c1-3-5-7-9-11-13-15-25-28(26-16-14-12-10-8-6-4-2)27-20-21(17-22,18-23)19-24/h22-24H,3-20H2,1-2H3. The SMILES string of the molecule is CCCCCCCCOP(OCCCCCCCC)OCC(CO)(CO)CO. The lowest BCUT2D eigenvalue weighted by atomic mass is 9.93. The topological polar surface area (TPSA) is 88.4 Å². The van der Waals surface area contributed by atoms with Crippen molar-refractivity contribution in [1.29, 1.82) is 0 Å². The van der Waals surface area contributed by atoms with Crippen LogP contribution in [0, 0.1) is 5.41 Å². The Kier molecular flexibility index (Phi) is 20.6. The largest absolute Gasteiger partial charge is 0.396 e. The van der Waals surface area contributed by atoms with Gasteiger partial charge < -0.3 is 28.9 Å². The summed E-state index contributed by atoms with van der Waals surface area (Å²) in [6.07, 6.45) is 14.2. The molecule has 0 aromatic rings. The van der Waals surface area contributed by atoms with Crippen molar-refractivity contribution in [3.8, 4) is 0 Å². The number of aliphatic hydroxyl groups is 3. The first-order valence-corrected chi connectivity index (χ1v) is 12.3. The molecule has 0 spiro atoms. The minimum absolute atomic E-state index is 0.00913. The normalized spacial score (nSPS) is 12.2.